The third kappa shape index (κ3) is 2.78. The van der Waals surface area contributed by atoms with Gasteiger partial charge in [0.1, 0.15) is 0 Å². The van der Waals surface area contributed by atoms with E-state index in [0.717, 1.165) is 0 Å². The van der Waals surface area contributed by atoms with Crippen LogP contribution < -0.4 is 11.2 Å². The maximum atomic E-state index is 11.9. The zero-order valence-electron chi connectivity index (χ0n) is 10.5. The van der Waals surface area contributed by atoms with Crippen LogP contribution in [0.5, 0.6) is 0 Å². The van der Waals surface area contributed by atoms with E-state index >= 15 is 0 Å². The molecule has 8 heteroatoms. The smallest absolute Gasteiger partial charge is 0.328 e. The Balaban J connectivity index is 2.45. The first kappa shape index (κ1) is 15.2. The van der Waals surface area contributed by atoms with E-state index in [1.165, 1.54) is 21.8 Å². The summed E-state index contributed by atoms with van der Waals surface area (Å²) in [6.07, 6.45) is 2.43. The van der Waals surface area contributed by atoms with Crippen molar-refractivity contribution in [2.24, 2.45) is 5.92 Å². The molecule has 2 heterocycles. The SMILES string of the molecule is O=c1[nH]c(=O)n([C@@H]2CO[C@H](CO)[C@H]2CO)cc1/C=C/Br. The first-order valence-electron chi connectivity index (χ1n) is 6.08. The van der Waals surface area contributed by atoms with Crippen LogP contribution in [-0.4, -0.2) is 45.7 Å². The molecule has 7 nitrogen and oxygen atoms in total. The molecule has 0 amide bonds. The van der Waals surface area contributed by atoms with Crippen molar-refractivity contribution in [3.05, 3.63) is 37.6 Å². The Kier molecular flexibility index (Phi) is 4.92. The van der Waals surface area contributed by atoms with Gasteiger partial charge in [0.05, 0.1) is 37.5 Å². The summed E-state index contributed by atoms with van der Waals surface area (Å²) in [6.45, 7) is -0.251. The van der Waals surface area contributed by atoms with Crippen LogP contribution in [0.1, 0.15) is 11.6 Å². The number of ether oxygens (including phenoxy) is 1. The fraction of sp³-hybridized carbons (Fsp3) is 0.500. The van der Waals surface area contributed by atoms with E-state index in [4.69, 9.17) is 4.74 Å². The average Bonchev–Trinajstić information content (AvgIpc) is 2.84. The first-order valence-corrected chi connectivity index (χ1v) is 6.99. The molecular weight excluding hydrogens is 332 g/mol. The summed E-state index contributed by atoms with van der Waals surface area (Å²) in [5.41, 5.74) is -0.738. The van der Waals surface area contributed by atoms with E-state index in [2.05, 4.69) is 20.9 Å². The molecule has 0 aliphatic carbocycles. The molecule has 1 aromatic heterocycles. The van der Waals surface area contributed by atoms with Crippen LogP contribution in [0.3, 0.4) is 0 Å². The average molecular weight is 347 g/mol. The molecule has 0 saturated carbocycles. The molecule has 0 unspecified atom stereocenters. The zero-order valence-corrected chi connectivity index (χ0v) is 12.1. The highest BCUT2D eigenvalue weighted by Crippen LogP contribution is 2.29. The van der Waals surface area contributed by atoms with Crippen LogP contribution in [0, 0.1) is 5.92 Å². The number of halogens is 1. The molecule has 1 aliphatic heterocycles. The number of rotatable bonds is 4. The molecule has 1 saturated heterocycles. The van der Waals surface area contributed by atoms with Gasteiger partial charge in [-0.1, -0.05) is 15.9 Å². The van der Waals surface area contributed by atoms with Crippen molar-refractivity contribution in [2.45, 2.75) is 12.1 Å². The Morgan fingerprint density at radius 1 is 1.45 bits per heavy atom. The van der Waals surface area contributed by atoms with Crippen LogP contribution in [0.25, 0.3) is 6.08 Å². The van der Waals surface area contributed by atoms with Gasteiger partial charge in [-0.2, -0.15) is 0 Å². The Morgan fingerprint density at radius 3 is 2.80 bits per heavy atom. The van der Waals surface area contributed by atoms with Crippen molar-refractivity contribution in [2.75, 3.05) is 19.8 Å². The van der Waals surface area contributed by atoms with Crippen molar-refractivity contribution >= 4 is 22.0 Å². The summed E-state index contributed by atoms with van der Waals surface area (Å²) < 4.78 is 6.70. The summed E-state index contributed by atoms with van der Waals surface area (Å²) in [4.78, 5) is 27.3. The highest BCUT2D eigenvalue weighted by Gasteiger charge is 2.38. The minimum atomic E-state index is -0.563. The number of H-pyrrole nitrogens is 1. The van der Waals surface area contributed by atoms with Crippen molar-refractivity contribution < 1.29 is 14.9 Å². The molecule has 3 atom stereocenters. The van der Waals surface area contributed by atoms with Gasteiger partial charge in [0.2, 0.25) is 0 Å². The number of aromatic amines is 1. The van der Waals surface area contributed by atoms with E-state index < -0.39 is 29.3 Å². The van der Waals surface area contributed by atoms with Crippen LogP contribution in [-0.2, 0) is 4.74 Å². The molecular formula is C12H15BrN2O5. The molecule has 0 radical (unpaired) electrons. The Bertz CT molecular complexity index is 609. The molecule has 20 heavy (non-hydrogen) atoms. The van der Waals surface area contributed by atoms with E-state index in [9.17, 15) is 19.8 Å². The monoisotopic (exact) mass is 346 g/mol. The predicted molar refractivity (Wildman–Crippen MR) is 75.7 cm³/mol. The molecule has 0 spiro atoms. The molecule has 0 bridgehead atoms. The van der Waals surface area contributed by atoms with E-state index in [1.807, 2.05) is 0 Å². The summed E-state index contributed by atoms with van der Waals surface area (Å²) in [6, 6.07) is -0.427. The van der Waals surface area contributed by atoms with Crippen LogP contribution in [0.15, 0.2) is 20.8 Å². The Morgan fingerprint density at radius 2 is 2.20 bits per heavy atom. The molecule has 3 N–H and O–H groups in total. The fourth-order valence-electron chi connectivity index (χ4n) is 2.36. The number of hydrogen-bond acceptors (Lipinski definition) is 5. The number of nitrogens with zero attached hydrogens (tertiary/aromatic N) is 1. The normalized spacial score (nSPS) is 26.4. The third-order valence-corrected chi connectivity index (χ3v) is 3.70. The molecule has 1 aromatic rings. The Labute approximate surface area is 122 Å². The van der Waals surface area contributed by atoms with E-state index in [1.54, 1.807) is 0 Å². The number of nitrogens with one attached hydrogen (secondary N) is 1. The van der Waals surface area contributed by atoms with Crippen molar-refractivity contribution in [1.82, 2.24) is 9.55 Å². The second-order valence-corrected chi connectivity index (χ2v) is 5.04. The maximum Gasteiger partial charge on any atom is 0.328 e. The molecule has 2 rings (SSSR count). The topological polar surface area (TPSA) is 105 Å². The van der Waals surface area contributed by atoms with Gasteiger partial charge >= 0.3 is 5.69 Å². The van der Waals surface area contributed by atoms with Gasteiger partial charge < -0.3 is 14.9 Å². The van der Waals surface area contributed by atoms with Crippen molar-refractivity contribution in [3.8, 4) is 0 Å². The largest absolute Gasteiger partial charge is 0.396 e. The predicted octanol–water partition coefficient (Wildman–Crippen LogP) is -0.557. The number of hydrogen-bond donors (Lipinski definition) is 3. The highest BCUT2D eigenvalue weighted by atomic mass is 79.9. The summed E-state index contributed by atoms with van der Waals surface area (Å²) >= 11 is 3.07. The summed E-state index contributed by atoms with van der Waals surface area (Å²) in [7, 11) is 0. The van der Waals surface area contributed by atoms with Crippen molar-refractivity contribution in [3.63, 3.8) is 0 Å². The van der Waals surface area contributed by atoms with Gasteiger partial charge in [-0.25, -0.2) is 4.79 Å². The van der Waals surface area contributed by atoms with E-state index in [0.29, 0.717) is 5.56 Å². The van der Waals surface area contributed by atoms with Gasteiger partial charge in [0, 0.05) is 12.1 Å². The fourth-order valence-corrected chi connectivity index (χ4v) is 2.65. The van der Waals surface area contributed by atoms with Gasteiger partial charge in [-0.05, 0) is 11.1 Å². The van der Waals surface area contributed by atoms with Gasteiger partial charge in [0.15, 0.2) is 0 Å². The van der Waals surface area contributed by atoms with Crippen LogP contribution in [0.4, 0.5) is 0 Å². The van der Waals surface area contributed by atoms with Crippen LogP contribution >= 0.6 is 15.9 Å². The zero-order chi connectivity index (χ0) is 14.7. The Hall–Kier alpha value is -1.22. The minimum absolute atomic E-state index is 0.194. The van der Waals surface area contributed by atoms with Crippen LogP contribution in [0.2, 0.25) is 0 Å². The second kappa shape index (κ2) is 6.49. The lowest BCUT2D eigenvalue weighted by molar-refractivity contribution is 0.0268. The lowest BCUT2D eigenvalue weighted by Crippen LogP contribution is -2.37. The molecule has 0 aromatic carbocycles. The van der Waals surface area contributed by atoms with Gasteiger partial charge in [0.25, 0.3) is 5.56 Å². The molecule has 1 fully saturated rings. The first-order chi connectivity index (χ1) is 9.62. The summed E-state index contributed by atoms with van der Waals surface area (Å²) in [5.74, 6) is -0.399. The summed E-state index contributed by atoms with van der Waals surface area (Å²) in [5, 5.41) is 18.6. The minimum Gasteiger partial charge on any atom is -0.396 e. The number of aromatic nitrogens is 2. The lowest BCUT2D eigenvalue weighted by Gasteiger charge is -2.21. The number of aliphatic hydroxyl groups excluding tert-OH is 2. The lowest BCUT2D eigenvalue weighted by atomic mass is 9.98. The van der Waals surface area contributed by atoms with Crippen molar-refractivity contribution in [1.29, 1.82) is 0 Å². The number of aliphatic hydroxyl groups is 2. The van der Waals surface area contributed by atoms with Gasteiger partial charge in [-0.3, -0.25) is 14.3 Å². The maximum absolute atomic E-state index is 11.9. The van der Waals surface area contributed by atoms with E-state index in [-0.39, 0.29) is 19.8 Å². The standard InChI is InChI=1S/C12H15BrN2O5/c13-2-1-7-3-15(12(19)14-11(7)18)9-6-20-10(5-17)8(9)4-16/h1-3,8-10,16-17H,4-6H2,(H,14,18,19)/b2-1+/t8-,9+,10+/m0/s1. The molecule has 110 valence electrons. The second-order valence-electron chi connectivity index (χ2n) is 4.51. The molecule has 1 aliphatic rings. The quantitative estimate of drug-likeness (QED) is 0.678. The van der Waals surface area contributed by atoms with Gasteiger partial charge in [-0.15, -0.1) is 0 Å². The highest BCUT2D eigenvalue weighted by molar-refractivity contribution is 9.11. The third-order valence-electron chi connectivity index (χ3n) is 3.44.